The smallest absolute Gasteiger partial charge is 0.321 e. The maximum Gasteiger partial charge on any atom is 0.321 e. The van der Waals surface area contributed by atoms with Gasteiger partial charge in [-0.25, -0.2) is 13.1 Å². The summed E-state index contributed by atoms with van der Waals surface area (Å²) in [6.07, 6.45) is 0. The molecule has 0 spiro atoms. The van der Waals surface area contributed by atoms with Gasteiger partial charge < -0.3 is 10.4 Å². The monoisotopic (exact) mass is 328 g/mol. The van der Waals surface area contributed by atoms with Crippen molar-refractivity contribution >= 4 is 21.9 Å². The average molecular weight is 328 g/mol. The number of nitrogens with one attached hydrogen (secondary N) is 2. The van der Waals surface area contributed by atoms with Gasteiger partial charge in [-0.2, -0.15) is 0 Å². The van der Waals surface area contributed by atoms with E-state index in [1.807, 2.05) is 0 Å². The van der Waals surface area contributed by atoms with Crippen molar-refractivity contribution in [3.63, 3.8) is 0 Å². The molecule has 0 aliphatic carbocycles. The lowest BCUT2D eigenvalue weighted by molar-refractivity contribution is -0.140. The van der Waals surface area contributed by atoms with Crippen molar-refractivity contribution in [1.82, 2.24) is 10.0 Å². The van der Waals surface area contributed by atoms with Crippen LogP contribution in [0.2, 0.25) is 0 Å². The van der Waals surface area contributed by atoms with E-state index in [9.17, 15) is 18.0 Å². The van der Waals surface area contributed by atoms with Crippen molar-refractivity contribution < 1.29 is 23.1 Å². The maximum absolute atomic E-state index is 12.0. The normalized spacial score (nSPS) is 12.9. The van der Waals surface area contributed by atoms with Gasteiger partial charge >= 0.3 is 5.97 Å². The molecule has 8 heteroatoms. The van der Waals surface area contributed by atoms with E-state index in [4.69, 9.17) is 5.11 Å². The fraction of sp³-hybridized carbons (Fsp3) is 0.429. The van der Waals surface area contributed by atoms with Gasteiger partial charge in [-0.3, -0.25) is 9.59 Å². The van der Waals surface area contributed by atoms with Gasteiger partial charge in [0.1, 0.15) is 6.04 Å². The summed E-state index contributed by atoms with van der Waals surface area (Å²) in [5.74, 6) is -2.20. The number of carboxylic acids is 1. The van der Waals surface area contributed by atoms with E-state index in [1.54, 1.807) is 13.8 Å². The van der Waals surface area contributed by atoms with Crippen molar-refractivity contribution in [2.45, 2.75) is 25.6 Å². The van der Waals surface area contributed by atoms with E-state index >= 15 is 0 Å². The zero-order valence-electron chi connectivity index (χ0n) is 12.7. The molecule has 0 radical (unpaired) electrons. The van der Waals surface area contributed by atoms with E-state index in [2.05, 4.69) is 10.0 Å². The quantitative estimate of drug-likeness (QED) is 0.677. The van der Waals surface area contributed by atoms with Crippen LogP contribution in [0.15, 0.2) is 24.3 Å². The van der Waals surface area contributed by atoms with Crippen molar-refractivity contribution in [3.8, 4) is 0 Å². The third-order valence-corrected chi connectivity index (χ3v) is 4.37. The van der Waals surface area contributed by atoms with Gasteiger partial charge in [-0.05, 0) is 23.6 Å². The first-order valence-electron chi connectivity index (χ1n) is 6.70. The van der Waals surface area contributed by atoms with Crippen LogP contribution in [0.4, 0.5) is 0 Å². The lowest BCUT2D eigenvalue weighted by atomic mass is 10.1. The highest BCUT2D eigenvalue weighted by molar-refractivity contribution is 7.88. The molecule has 0 saturated heterocycles. The topological polar surface area (TPSA) is 113 Å². The molecule has 0 aliphatic heterocycles. The summed E-state index contributed by atoms with van der Waals surface area (Å²) in [5, 5.41) is 11.5. The van der Waals surface area contributed by atoms with Gasteiger partial charge in [0.05, 0.1) is 5.75 Å². The summed E-state index contributed by atoms with van der Waals surface area (Å²) in [4.78, 5) is 22.5. The highest BCUT2D eigenvalue weighted by Crippen LogP contribution is 2.10. The third kappa shape index (κ3) is 5.12. The molecule has 1 rings (SSSR count). The molecular formula is C14H20N2O5S. The Hall–Kier alpha value is -1.93. The summed E-state index contributed by atoms with van der Waals surface area (Å²) in [5.41, 5.74) is 0.884. The number of rotatable bonds is 7. The molecule has 122 valence electrons. The first-order valence-corrected chi connectivity index (χ1v) is 8.35. The van der Waals surface area contributed by atoms with Crippen LogP contribution < -0.4 is 10.0 Å². The second-order valence-corrected chi connectivity index (χ2v) is 6.97. The van der Waals surface area contributed by atoms with Crippen LogP contribution in [0.3, 0.4) is 0 Å². The van der Waals surface area contributed by atoms with E-state index in [-0.39, 0.29) is 17.6 Å². The molecule has 1 amide bonds. The minimum absolute atomic E-state index is 0.265. The SMILES string of the molecule is CNC(=O)c1ccc(CS(=O)(=O)N[C@@H](C(=O)O)C(C)C)cc1. The van der Waals surface area contributed by atoms with Crippen molar-refractivity contribution in [2.75, 3.05) is 7.05 Å². The molecule has 0 saturated carbocycles. The molecule has 3 N–H and O–H groups in total. The molecule has 1 aromatic carbocycles. The van der Waals surface area contributed by atoms with Gasteiger partial charge in [0.2, 0.25) is 10.0 Å². The van der Waals surface area contributed by atoms with Gasteiger partial charge in [0.15, 0.2) is 0 Å². The molecule has 1 aromatic rings. The van der Waals surface area contributed by atoms with E-state index < -0.39 is 22.0 Å². The largest absolute Gasteiger partial charge is 0.480 e. The van der Waals surface area contributed by atoms with Crippen molar-refractivity contribution in [3.05, 3.63) is 35.4 Å². The van der Waals surface area contributed by atoms with E-state index in [1.165, 1.54) is 31.3 Å². The summed E-state index contributed by atoms with van der Waals surface area (Å²) < 4.78 is 26.3. The zero-order chi connectivity index (χ0) is 16.9. The number of carbonyl (C=O) groups is 2. The Balaban J connectivity index is 2.84. The van der Waals surface area contributed by atoms with Crippen LogP contribution >= 0.6 is 0 Å². The Labute approximate surface area is 129 Å². The molecule has 0 bridgehead atoms. The summed E-state index contributed by atoms with van der Waals surface area (Å²) in [6, 6.07) is 4.90. The van der Waals surface area contributed by atoms with Crippen LogP contribution in [0, 0.1) is 5.92 Å². The first kappa shape index (κ1) is 18.1. The Kier molecular flexibility index (Phi) is 6.07. The Morgan fingerprint density at radius 2 is 1.73 bits per heavy atom. The predicted octanol–water partition coefficient (Wildman–Crippen LogP) is 0.575. The molecule has 7 nitrogen and oxygen atoms in total. The van der Waals surface area contributed by atoms with Crippen LogP contribution in [0.5, 0.6) is 0 Å². The van der Waals surface area contributed by atoms with Gasteiger partial charge in [-0.15, -0.1) is 0 Å². The first-order chi connectivity index (χ1) is 10.2. The molecule has 0 unspecified atom stereocenters. The van der Waals surface area contributed by atoms with Crippen LogP contribution in [0.25, 0.3) is 0 Å². The number of sulfonamides is 1. The number of carboxylic acid groups (broad SMARTS) is 1. The van der Waals surface area contributed by atoms with Gasteiger partial charge in [0.25, 0.3) is 5.91 Å². The molecule has 0 heterocycles. The highest BCUT2D eigenvalue weighted by atomic mass is 32.2. The van der Waals surface area contributed by atoms with Crippen molar-refractivity contribution in [2.24, 2.45) is 5.92 Å². The summed E-state index contributed by atoms with van der Waals surface area (Å²) in [7, 11) is -2.29. The summed E-state index contributed by atoms with van der Waals surface area (Å²) >= 11 is 0. The molecule has 0 aromatic heterocycles. The Bertz CT molecular complexity index is 638. The lowest BCUT2D eigenvalue weighted by Crippen LogP contribution is -2.44. The summed E-state index contributed by atoms with van der Waals surface area (Å²) in [6.45, 7) is 3.25. The van der Waals surface area contributed by atoms with Gasteiger partial charge in [-0.1, -0.05) is 26.0 Å². The number of hydrogen-bond donors (Lipinski definition) is 3. The van der Waals surface area contributed by atoms with E-state index in [0.717, 1.165) is 0 Å². The van der Waals surface area contributed by atoms with Crippen LogP contribution in [0.1, 0.15) is 29.8 Å². The number of benzene rings is 1. The number of aliphatic carboxylic acids is 1. The Morgan fingerprint density at radius 3 is 2.14 bits per heavy atom. The van der Waals surface area contributed by atoms with Gasteiger partial charge in [0, 0.05) is 12.6 Å². The Morgan fingerprint density at radius 1 is 1.18 bits per heavy atom. The van der Waals surface area contributed by atoms with E-state index in [0.29, 0.717) is 11.1 Å². The number of hydrogen-bond acceptors (Lipinski definition) is 4. The zero-order valence-corrected chi connectivity index (χ0v) is 13.5. The van der Waals surface area contributed by atoms with Crippen LogP contribution in [-0.2, 0) is 20.6 Å². The predicted molar refractivity (Wildman–Crippen MR) is 81.9 cm³/mol. The minimum atomic E-state index is -3.79. The third-order valence-electron chi connectivity index (χ3n) is 3.04. The average Bonchev–Trinajstić information content (AvgIpc) is 2.44. The molecule has 1 atom stereocenters. The standard InChI is InChI=1S/C14H20N2O5S/c1-9(2)12(14(18)19)16-22(20,21)8-10-4-6-11(7-5-10)13(17)15-3/h4-7,9,12,16H,8H2,1-3H3,(H,15,17)(H,18,19)/t12-/m1/s1. The highest BCUT2D eigenvalue weighted by Gasteiger charge is 2.27. The molecule has 0 aliphatic rings. The molecular weight excluding hydrogens is 308 g/mol. The fourth-order valence-electron chi connectivity index (χ4n) is 1.82. The second-order valence-electron chi connectivity index (χ2n) is 5.21. The molecule has 0 fully saturated rings. The minimum Gasteiger partial charge on any atom is -0.480 e. The fourth-order valence-corrected chi connectivity index (χ4v) is 3.30. The van der Waals surface area contributed by atoms with Crippen LogP contribution in [-0.4, -0.2) is 38.5 Å². The lowest BCUT2D eigenvalue weighted by Gasteiger charge is -2.18. The molecule has 22 heavy (non-hydrogen) atoms. The maximum atomic E-state index is 12.0. The number of carbonyl (C=O) groups excluding carboxylic acids is 1. The number of amides is 1. The second kappa shape index (κ2) is 7.37. The van der Waals surface area contributed by atoms with Crippen molar-refractivity contribution in [1.29, 1.82) is 0 Å².